The Kier molecular flexibility index (Phi) is 8.16. The topological polar surface area (TPSA) is 107 Å². The van der Waals surface area contributed by atoms with Gasteiger partial charge in [-0.1, -0.05) is 0 Å². The van der Waals surface area contributed by atoms with E-state index in [0.717, 1.165) is 18.1 Å². The molecule has 1 atom stereocenters. The fraction of sp³-hybridized carbons (Fsp3) is 0.550. The second-order valence-corrected chi connectivity index (χ2v) is 8.90. The van der Waals surface area contributed by atoms with Crippen LogP contribution in [0, 0.1) is 6.92 Å². The van der Waals surface area contributed by atoms with Crippen LogP contribution in [0.25, 0.3) is 0 Å². The second kappa shape index (κ2) is 10.9. The standard InChI is InChI=1S/C20H26F3N7O2S/c1-13(27-16-11-26-28-18(32)14(16)2)12-33-8-3-17(31)29-4-6-30(7-5-29)19-24-9-15(10-25-19)20(21,22)23/h9-11,13H,3-8,12H2,1-2H3,(H2,27,28,32)/t13-/m1/s1. The number of thioether (sulfide) groups is 1. The third-order valence-electron chi connectivity index (χ3n) is 5.22. The number of hydrogen-bond donors (Lipinski definition) is 2. The van der Waals surface area contributed by atoms with Crippen molar-refractivity contribution < 1.29 is 18.0 Å². The molecule has 0 unspecified atom stereocenters. The van der Waals surface area contributed by atoms with Gasteiger partial charge in [0.15, 0.2) is 0 Å². The molecule has 1 fully saturated rings. The molecule has 2 N–H and O–H groups in total. The van der Waals surface area contributed by atoms with E-state index in [1.54, 1.807) is 34.7 Å². The molecule has 0 aromatic carbocycles. The van der Waals surface area contributed by atoms with E-state index in [2.05, 4.69) is 25.5 Å². The minimum atomic E-state index is -4.47. The lowest BCUT2D eigenvalue weighted by molar-refractivity contribution is -0.138. The van der Waals surface area contributed by atoms with Crippen molar-refractivity contribution >= 4 is 29.3 Å². The van der Waals surface area contributed by atoms with E-state index >= 15 is 0 Å². The number of carbonyl (C=O) groups is 1. The zero-order valence-electron chi connectivity index (χ0n) is 18.4. The van der Waals surface area contributed by atoms with Crippen LogP contribution in [-0.4, -0.2) is 74.7 Å². The average Bonchev–Trinajstić information content (AvgIpc) is 2.79. The zero-order valence-corrected chi connectivity index (χ0v) is 19.2. The van der Waals surface area contributed by atoms with Gasteiger partial charge in [0.25, 0.3) is 5.56 Å². The van der Waals surface area contributed by atoms with Crippen molar-refractivity contribution in [1.82, 2.24) is 25.1 Å². The summed E-state index contributed by atoms with van der Waals surface area (Å²) in [5.74, 6) is 1.71. The van der Waals surface area contributed by atoms with E-state index < -0.39 is 11.7 Å². The van der Waals surface area contributed by atoms with Crippen molar-refractivity contribution in [2.24, 2.45) is 0 Å². The Hall–Kier alpha value is -2.83. The van der Waals surface area contributed by atoms with Gasteiger partial charge in [-0.3, -0.25) is 9.59 Å². The van der Waals surface area contributed by atoms with Crippen molar-refractivity contribution in [1.29, 1.82) is 0 Å². The predicted octanol–water partition coefficient (Wildman–Crippen LogP) is 2.16. The van der Waals surface area contributed by atoms with Crippen molar-refractivity contribution in [3.8, 4) is 0 Å². The molecule has 2 aromatic heterocycles. The summed E-state index contributed by atoms with van der Waals surface area (Å²) in [4.78, 5) is 35.3. The van der Waals surface area contributed by atoms with Crippen LogP contribution in [0.2, 0.25) is 0 Å². The largest absolute Gasteiger partial charge is 0.419 e. The molecule has 0 radical (unpaired) electrons. The number of carbonyl (C=O) groups excluding carboxylic acids is 1. The monoisotopic (exact) mass is 485 g/mol. The summed E-state index contributed by atoms with van der Waals surface area (Å²) >= 11 is 1.65. The maximum absolute atomic E-state index is 12.6. The predicted molar refractivity (Wildman–Crippen MR) is 120 cm³/mol. The maximum Gasteiger partial charge on any atom is 0.419 e. The number of nitrogens with zero attached hydrogens (tertiary/aromatic N) is 5. The fourth-order valence-electron chi connectivity index (χ4n) is 3.28. The smallest absolute Gasteiger partial charge is 0.380 e. The SMILES string of the molecule is Cc1c(N[C@H](C)CSCCC(=O)N2CCN(c3ncc(C(F)(F)F)cn3)CC2)cn[nH]c1=O. The molecule has 1 aliphatic heterocycles. The number of nitrogens with one attached hydrogen (secondary N) is 2. The summed E-state index contributed by atoms with van der Waals surface area (Å²) in [5, 5.41) is 9.44. The van der Waals surface area contributed by atoms with Crippen molar-refractivity contribution in [3.63, 3.8) is 0 Å². The lowest BCUT2D eigenvalue weighted by Gasteiger charge is -2.34. The van der Waals surface area contributed by atoms with Crippen LogP contribution < -0.4 is 15.8 Å². The number of piperazine rings is 1. The summed E-state index contributed by atoms with van der Waals surface area (Å²) in [7, 11) is 0. The third-order valence-corrected chi connectivity index (χ3v) is 6.44. The minimum Gasteiger partial charge on any atom is -0.380 e. The minimum absolute atomic E-state index is 0.0470. The number of H-pyrrole nitrogens is 1. The number of aromatic nitrogens is 4. The molecule has 0 aliphatic carbocycles. The van der Waals surface area contributed by atoms with Gasteiger partial charge in [-0.05, 0) is 13.8 Å². The average molecular weight is 486 g/mol. The summed E-state index contributed by atoms with van der Waals surface area (Å²) in [6.07, 6.45) is -0.926. The molecule has 0 spiro atoms. The second-order valence-electron chi connectivity index (χ2n) is 7.75. The molecule has 13 heteroatoms. The molecule has 0 saturated carbocycles. The highest BCUT2D eigenvalue weighted by Crippen LogP contribution is 2.28. The lowest BCUT2D eigenvalue weighted by atomic mass is 10.2. The Morgan fingerprint density at radius 3 is 2.52 bits per heavy atom. The molecule has 3 rings (SSSR count). The first-order valence-electron chi connectivity index (χ1n) is 10.5. The Labute approximate surface area is 193 Å². The molecule has 1 amide bonds. The molecule has 2 aromatic rings. The first-order valence-corrected chi connectivity index (χ1v) is 11.6. The number of amides is 1. The van der Waals surface area contributed by atoms with Gasteiger partial charge in [-0.2, -0.15) is 30.0 Å². The van der Waals surface area contributed by atoms with E-state index in [4.69, 9.17) is 0 Å². The fourth-order valence-corrected chi connectivity index (χ4v) is 4.20. The van der Waals surface area contributed by atoms with Crippen molar-refractivity contribution in [2.75, 3.05) is 47.9 Å². The van der Waals surface area contributed by atoms with E-state index in [9.17, 15) is 22.8 Å². The number of halogens is 3. The zero-order chi connectivity index (χ0) is 24.0. The number of anilines is 2. The molecule has 3 heterocycles. The van der Waals surface area contributed by atoms with Crippen LogP contribution in [0.1, 0.15) is 24.5 Å². The van der Waals surface area contributed by atoms with Crippen LogP contribution in [0.4, 0.5) is 24.8 Å². The molecule has 0 bridgehead atoms. The molecule has 180 valence electrons. The quantitative estimate of drug-likeness (QED) is 0.548. The van der Waals surface area contributed by atoms with Gasteiger partial charge in [0.05, 0.1) is 17.4 Å². The number of rotatable bonds is 8. The van der Waals surface area contributed by atoms with Crippen LogP contribution in [0.15, 0.2) is 23.4 Å². The Balaban J connectivity index is 1.36. The highest BCUT2D eigenvalue weighted by atomic mass is 32.2. The number of hydrogen-bond acceptors (Lipinski definition) is 8. The van der Waals surface area contributed by atoms with E-state index in [1.165, 1.54) is 0 Å². The van der Waals surface area contributed by atoms with Gasteiger partial charge in [0, 0.05) is 68.1 Å². The van der Waals surface area contributed by atoms with Crippen LogP contribution >= 0.6 is 11.8 Å². The highest BCUT2D eigenvalue weighted by molar-refractivity contribution is 7.99. The summed E-state index contributed by atoms with van der Waals surface area (Å²) in [6, 6.07) is 0.0969. The summed E-state index contributed by atoms with van der Waals surface area (Å²) in [6.45, 7) is 5.60. The van der Waals surface area contributed by atoms with Crippen molar-refractivity contribution in [3.05, 3.63) is 40.1 Å². The van der Waals surface area contributed by atoms with Gasteiger partial charge in [-0.25, -0.2) is 15.1 Å². The molecule has 33 heavy (non-hydrogen) atoms. The molecule has 9 nitrogen and oxygen atoms in total. The Bertz CT molecular complexity index is 992. The van der Waals surface area contributed by atoms with Gasteiger partial charge < -0.3 is 15.1 Å². The van der Waals surface area contributed by atoms with E-state index in [0.29, 0.717) is 49.6 Å². The van der Waals surface area contributed by atoms with E-state index in [-0.39, 0.29) is 23.5 Å². The van der Waals surface area contributed by atoms with Gasteiger partial charge >= 0.3 is 6.18 Å². The normalized spacial score (nSPS) is 15.4. The van der Waals surface area contributed by atoms with E-state index in [1.807, 2.05) is 6.92 Å². The lowest BCUT2D eigenvalue weighted by Crippen LogP contribution is -2.49. The van der Waals surface area contributed by atoms with Gasteiger partial charge in [-0.15, -0.1) is 0 Å². The maximum atomic E-state index is 12.6. The molecule has 1 aliphatic rings. The first-order chi connectivity index (χ1) is 15.6. The van der Waals surface area contributed by atoms with Crippen LogP contribution in [-0.2, 0) is 11.0 Å². The van der Waals surface area contributed by atoms with Gasteiger partial charge in [0.1, 0.15) is 0 Å². The number of alkyl halides is 3. The Morgan fingerprint density at radius 1 is 1.21 bits per heavy atom. The third kappa shape index (κ3) is 6.83. The molecular weight excluding hydrogens is 459 g/mol. The van der Waals surface area contributed by atoms with Crippen molar-refractivity contribution in [2.45, 2.75) is 32.5 Å². The molecular formula is C20H26F3N7O2S. The number of aromatic amines is 1. The Morgan fingerprint density at radius 2 is 1.88 bits per heavy atom. The summed E-state index contributed by atoms with van der Waals surface area (Å²) < 4.78 is 37.9. The van der Waals surface area contributed by atoms with Gasteiger partial charge in [0.2, 0.25) is 11.9 Å². The first kappa shape index (κ1) is 24.8. The van der Waals surface area contributed by atoms with Crippen LogP contribution in [0.3, 0.4) is 0 Å². The molecule has 1 saturated heterocycles. The summed E-state index contributed by atoms with van der Waals surface area (Å²) in [5.41, 5.74) is 0.164. The van der Waals surface area contributed by atoms with Crippen LogP contribution in [0.5, 0.6) is 0 Å². The highest BCUT2D eigenvalue weighted by Gasteiger charge is 2.32.